The molecule has 0 aliphatic rings. The van der Waals surface area contributed by atoms with E-state index in [4.69, 9.17) is 39.1 Å². The van der Waals surface area contributed by atoms with Crippen LogP contribution in [0.1, 0.15) is 11.1 Å². The summed E-state index contributed by atoms with van der Waals surface area (Å²) in [5.74, 6) is 0.873. The van der Waals surface area contributed by atoms with Gasteiger partial charge in [-0.2, -0.15) is 0 Å². The minimum atomic E-state index is 0.143. The Morgan fingerprint density at radius 3 is 2.45 bits per heavy atom. The van der Waals surface area contributed by atoms with Gasteiger partial charge >= 0.3 is 0 Å². The average molecular weight is 309 g/mol. The first kappa shape index (κ1) is 14.7. The van der Waals surface area contributed by atoms with E-state index >= 15 is 0 Å². The van der Waals surface area contributed by atoms with Gasteiger partial charge in [0, 0.05) is 22.0 Å². The van der Waals surface area contributed by atoms with Crippen LogP contribution in [0.25, 0.3) is 0 Å². The number of benzene rings is 2. The molecule has 2 aromatic rings. The zero-order chi connectivity index (χ0) is 14.5. The van der Waals surface area contributed by atoms with E-state index in [1.165, 1.54) is 0 Å². The molecule has 5 heteroatoms. The van der Waals surface area contributed by atoms with Gasteiger partial charge in [-0.1, -0.05) is 35.3 Å². The van der Waals surface area contributed by atoms with Gasteiger partial charge in [0.25, 0.3) is 0 Å². The number of ether oxygens (including phenoxy) is 1. The van der Waals surface area contributed by atoms with E-state index in [1.54, 1.807) is 18.2 Å². The molecule has 20 heavy (non-hydrogen) atoms. The summed E-state index contributed by atoms with van der Waals surface area (Å²) in [4.78, 5) is 0. The smallest absolute Gasteiger partial charge is 0.119 e. The number of amidine groups is 1. The molecule has 0 fully saturated rings. The molecular formula is C15H14Cl2N2O. The minimum Gasteiger partial charge on any atom is -0.489 e. The topological polar surface area (TPSA) is 59.1 Å². The maximum Gasteiger partial charge on any atom is 0.119 e. The summed E-state index contributed by atoms with van der Waals surface area (Å²) in [5.41, 5.74) is 7.17. The zero-order valence-electron chi connectivity index (χ0n) is 10.7. The van der Waals surface area contributed by atoms with E-state index in [0.717, 1.165) is 16.9 Å². The van der Waals surface area contributed by atoms with Crippen molar-refractivity contribution >= 4 is 29.0 Å². The molecule has 0 radical (unpaired) electrons. The summed E-state index contributed by atoms with van der Waals surface area (Å²) in [7, 11) is 0. The predicted octanol–water partition coefficient (Wildman–Crippen LogP) is 4.05. The Bertz CT molecular complexity index is 612. The molecule has 2 aromatic carbocycles. The monoisotopic (exact) mass is 308 g/mol. The van der Waals surface area contributed by atoms with Crippen molar-refractivity contribution in [2.75, 3.05) is 0 Å². The molecule has 104 valence electrons. The standard InChI is InChI=1S/C15H14Cl2N2O/c16-12-3-6-14(17)11(8-12)9-20-13-4-1-10(2-5-13)7-15(18)19/h1-6,8H,7,9H2,(H3,18,19). The quantitative estimate of drug-likeness (QED) is 0.646. The first-order valence-corrected chi connectivity index (χ1v) is 6.79. The second-order valence-corrected chi connectivity index (χ2v) is 5.21. The molecule has 0 aliphatic carbocycles. The summed E-state index contributed by atoms with van der Waals surface area (Å²) < 4.78 is 5.66. The lowest BCUT2D eigenvalue weighted by atomic mass is 10.1. The Balaban J connectivity index is 2.00. The highest BCUT2D eigenvalue weighted by atomic mass is 35.5. The fourth-order valence-electron chi connectivity index (χ4n) is 1.74. The Morgan fingerprint density at radius 1 is 1.10 bits per heavy atom. The molecule has 0 saturated carbocycles. The molecule has 0 spiro atoms. The van der Waals surface area contributed by atoms with E-state index in [-0.39, 0.29) is 5.84 Å². The first-order valence-electron chi connectivity index (χ1n) is 6.03. The molecule has 0 atom stereocenters. The first-order chi connectivity index (χ1) is 9.54. The predicted molar refractivity (Wildman–Crippen MR) is 82.9 cm³/mol. The van der Waals surface area contributed by atoms with E-state index < -0.39 is 0 Å². The lowest BCUT2D eigenvalue weighted by molar-refractivity contribution is 0.306. The normalized spacial score (nSPS) is 10.3. The second kappa shape index (κ2) is 6.64. The number of hydrogen-bond donors (Lipinski definition) is 2. The molecule has 0 aromatic heterocycles. The van der Waals surface area contributed by atoms with Crippen molar-refractivity contribution in [3.8, 4) is 5.75 Å². The Hall–Kier alpha value is -1.71. The number of hydrogen-bond acceptors (Lipinski definition) is 2. The summed E-state index contributed by atoms with van der Waals surface area (Å²) in [6, 6.07) is 12.7. The summed E-state index contributed by atoms with van der Waals surface area (Å²) in [6.07, 6.45) is 0.445. The van der Waals surface area contributed by atoms with Gasteiger partial charge in [-0.25, -0.2) is 0 Å². The molecule has 3 N–H and O–H groups in total. The Labute approximate surface area is 127 Å². The molecule has 0 amide bonds. The van der Waals surface area contributed by atoms with E-state index in [1.807, 2.05) is 24.3 Å². The fraction of sp³-hybridized carbons (Fsp3) is 0.133. The third-order valence-corrected chi connectivity index (χ3v) is 3.32. The third-order valence-electron chi connectivity index (χ3n) is 2.72. The van der Waals surface area contributed by atoms with Gasteiger partial charge in [-0.3, -0.25) is 5.41 Å². The highest BCUT2D eigenvalue weighted by Gasteiger charge is 2.03. The van der Waals surface area contributed by atoms with Crippen LogP contribution in [0.2, 0.25) is 10.0 Å². The van der Waals surface area contributed by atoms with Crippen molar-refractivity contribution in [3.63, 3.8) is 0 Å². The molecule has 0 unspecified atom stereocenters. The molecule has 2 rings (SSSR count). The molecular weight excluding hydrogens is 295 g/mol. The lowest BCUT2D eigenvalue weighted by Gasteiger charge is -2.09. The van der Waals surface area contributed by atoms with Crippen molar-refractivity contribution in [2.45, 2.75) is 13.0 Å². The molecule has 0 saturated heterocycles. The number of halogens is 2. The highest BCUT2D eigenvalue weighted by molar-refractivity contribution is 6.33. The van der Waals surface area contributed by atoms with E-state index in [9.17, 15) is 0 Å². The largest absolute Gasteiger partial charge is 0.489 e. The molecule has 0 heterocycles. The van der Waals surface area contributed by atoms with Gasteiger partial charge in [-0.15, -0.1) is 0 Å². The summed E-state index contributed by atoms with van der Waals surface area (Å²) in [5, 5.41) is 8.50. The van der Waals surface area contributed by atoms with Crippen LogP contribution in [0.4, 0.5) is 0 Å². The number of nitrogens with one attached hydrogen (secondary N) is 1. The van der Waals surface area contributed by atoms with Crippen LogP contribution >= 0.6 is 23.2 Å². The maximum atomic E-state index is 7.24. The summed E-state index contributed by atoms with van der Waals surface area (Å²) in [6.45, 7) is 0.353. The van der Waals surface area contributed by atoms with Gasteiger partial charge in [0.1, 0.15) is 12.4 Å². The van der Waals surface area contributed by atoms with Crippen LogP contribution in [0.5, 0.6) is 5.75 Å². The van der Waals surface area contributed by atoms with Crippen LogP contribution in [-0.2, 0) is 13.0 Å². The second-order valence-electron chi connectivity index (χ2n) is 4.37. The molecule has 0 bridgehead atoms. The van der Waals surface area contributed by atoms with Gasteiger partial charge in [0.05, 0.1) is 5.84 Å². The van der Waals surface area contributed by atoms with E-state index in [0.29, 0.717) is 23.1 Å². The van der Waals surface area contributed by atoms with Crippen molar-refractivity contribution in [1.29, 1.82) is 5.41 Å². The van der Waals surface area contributed by atoms with Crippen LogP contribution < -0.4 is 10.5 Å². The van der Waals surface area contributed by atoms with Crippen molar-refractivity contribution in [2.24, 2.45) is 5.73 Å². The SMILES string of the molecule is N=C(N)Cc1ccc(OCc2cc(Cl)ccc2Cl)cc1. The van der Waals surface area contributed by atoms with Crippen LogP contribution in [0.3, 0.4) is 0 Å². The molecule has 3 nitrogen and oxygen atoms in total. The van der Waals surface area contributed by atoms with Crippen molar-refractivity contribution < 1.29 is 4.74 Å². The number of rotatable bonds is 5. The van der Waals surface area contributed by atoms with Crippen molar-refractivity contribution in [3.05, 3.63) is 63.6 Å². The van der Waals surface area contributed by atoms with Crippen LogP contribution in [0, 0.1) is 5.41 Å². The fourth-order valence-corrected chi connectivity index (χ4v) is 2.11. The number of nitrogens with two attached hydrogens (primary N) is 1. The maximum absolute atomic E-state index is 7.24. The van der Waals surface area contributed by atoms with E-state index in [2.05, 4.69) is 0 Å². The zero-order valence-corrected chi connectivity index (χ0v) is 12.2. The molecule has 0 aliphatic heterocycles. The van der Waals surface area contributed by atoms with Crippen molar-refractivity contribution in [1.82, 2.24) is 0 Å². The van der Waals surface area contributed by atoms with Crippen LogP contribution in [-0.4, -0.2) is 5.84 Å². The van der Waals surface area contributed by atoms with Gasteiger partial charge in [-0.05, 0) is 35.9 Å². The highest BCUT2D eigenvalue weighted by Crippen LogP contribution is 2.22. The van der Waals surface area contributed by atoms with Crippen LogP contribution in [0.15, 0.2) is 42.5 Å². The summed E-state index contributed by atoms with van der Waals surface area (Å²) >= 11 is 12.0. The lowest BCUT2D eigenvalue weighted by Crippen LogP contribution is -2.12. The third kappa shape index (κ3) is 4.15. The minimum absolute atomic E-state index is 0.143. The average Bonchev–Trinajstić information content (AvgIpc) is 2.41. The Morgan fingerprint density at radius 2 is 1.80 bits per heavy atom. The van der Waals surface area contributed by atoms with Gasteiger partial charge in [0.15, 0.2) is 0 Å². The Kier molecular flexibility index (Phi) is 4.88. The van der Waals surface area contributed by atoms with Gasteiger partial charge < -0.3 is 10.5 Å². The van der Waals surface area contributed by atoms with Gasteiger partial charge in [0.2, 0.25) is 0 Å².